The molecule has 3 N–H and O–H groups in total. The number of piperazine rings is 1. The maximum Gasteiger partial charge on any atom is 0.410 e. The fraction of sp³-hybridized carbons (Fsp3) is 0.500. The topological polar surface area (TPSA) is 133 Å². The third-order valence-electron chi connectivity index (χ3n) is 10.8. The van der Waals surface area contributed by atoms with Crippen molar-refractivity contribution in [2.45, 2.75) is 68.8 Å². The van der Waals surface area contributed by atoms with Crippen LogP contribution in [0.5, 0.6) is 0 Å². The number of carbonyl (C=O) groups is 2. The first-order valence-corrected chi connectivity index (χ1v) is 17.6. The number of piperidine rings is 2. The van der Waals surface area contributed by atoms with Crippen molar-refractivity contribution >= 4 is 29.3 Å². The van der Waals surface area contributed by atoms with Gasteiger partial charge in [0.1, 0.15) is 0 Å². The van der Waals surface area contributed by atoms with Gasteiger partial charge in [0.05, 0.1) is 16.8 Å². The monoisotopic (exact) mass is 686 g/mol. The van der Waals surface area contributed by atoms with Crippen LogP contribution in [0, 0.1) is 12.3 Å². The minimum atomic E-state index is -1.06. The Bertz CT molecular complexity index is 1790. The third kappa shape index (κ3) is 6.80. The highest BCUT2D eigenvalue weighted by molar-refractivity contribution is 6.33. The van der Waals surface area contributed by atoms with Crippen LogP contribution >= 0.6 is 11.6 Å². The Kier molecular flexibility index (Phi) is 9.42. The summed E-state index contributed by atoms with van der Waals surface area (Å²) in [5.41, 5.74) is 7.99. The molecule has 3 atom stereocenters. The number of nitrogen functional groups attached to an aromatic ring is 1. The molecular weight excluding hydrogens is 644 g/mol. The minimum Gasteiger partial charge on any atom is -0.436 e. The quantitative estimate of drug-likeness (QED) is 0.286. The first-order valence-electron chi connectivity index (χ1n) is 17.2. The number of ether oxygens (including phenoxy) is 1. The molecule has 0 saturated carbocycles. The van der Waals surface area contributed by atoms with Gasteiger partial charge in [0.25, 0.3) is 5.91 Å². The van der Waals surface area contributed by atoms with Gasteiger partial charge >= 0.3 is 11.8 Å². The molecular formula is C36H43ClN8O4. The summed E-state index contributed by atoms with van der Waals surface area (Å²) in [4.78, 5) is 51.8. The number of halogens is 1. The average molecular weight is 687 g/mol. The molecule has 13 heteroatoms. The molecule has 4 aliphatic rings. The van der Waals surface area contributed by atoms with Crippen LogP contribution in [0.1, 0.15) is 49.3 Å². The Morgan fingerprint density at radius 1 is 1.02 bits per heavy atom. The van der Waals surface area contributed by atoms with E-state index in [1.54, 1.807) is 17.0 Å². The zero-order valence-corrected chi connectivity index (χ0v) is 28.5. The SMILES string of the molecule is C#Cc1cc(C[C@@H](OC(=O)N2CCC(n3nc(-c4ccccc4)[nH]c3=O)CC2)C(=O)N2CCC(N3CC4CC3CN4C)CC2)cc(Cl)c1N. The summed E-state index contributed by atoms with van der Waals surface area (Å²) < 4.78 is 7.49. The van der Waals surface area contributed by atoms with Crippen LogP contribution < -0.4 is 11.4 Å². The van der Waals surface area contributed by atoms with Gasteiger partial charge in [-0.05, 0) is 56.8 Å². The second-order valence-electron chi connectivity index (χ2n) is 13.8. The zero-order chi connectivity index (χ0) is 34.2. The number of aromatic nitrogens is 3. The molecule has 1 aromatic heterocycles. The van der Waals surface area contributed by atoms with Crippen molar-refractivity contribution in [3.05, 3.63) is 69.1 Å². The summed E-state index contributed by atoms with van der Waals surface area (Å²) in [6, 6.07) is 14.4. The van der Waals surface area contributed by atoms with Crippen LogP contribution in [0.25, 0.3) is 11.4 Å². The molecule has 258 valence electrons. The second-order valence-corrected chi connectivity index (χ2v) is 14.2. The highest BCUT2D eigenvalue weighted by atomic mass is 35.5. The van der Waals surface area contributed by atoms with E-state index in [1.807, 2.05) is 35.2 Å². The predicted molar refractivity (Wildman–Crippen MR) is 187 cm³/mol. The van der Waals surface area contributed by atoms with E-state index in [1.165, 1.54) is 11.1 Å². The van der Waals surface area contributed by atoms with Gasteiger partial charge in [-0.2, -0.15) is 0 Å². The van der Waals surface area contributed by atoms with Gasteiger partial charge in [-0.15, -0.1) is 11.5 Å². The third-order valence-corrected chi connectivity index (χ3v) is 11.2. The number of likely N-dealkylation sites (N-methyl/N-ethyl adjacent to an activating group) is 1. The average Bonchev–Trinajstić information content (AvgIpc) is 3.83. The summed E-state index contributed by atoms with van der Waals surface area (Å²) in [5.74, 6) is 2.84. The normalized spacial score (nSPS) is 22.7. The summed E-state index contributed by atoms with van der Waals surface area (Å²) in [5, 5.41) is 4.83. The molecule has 12 nitrogen and oxygen atoms in total. The number of aromatic amines is 1. The van der Waals surface area contributed by atoms with Gasteiger partial charge in [0.15, 0.2) is 11.9 Å². The molecule has 2 bridgehead atoms. The molecule has 5 heterocycles. The molecule has 0 spiro atoms. The lowest BCUT2D eigenvalue weighted by atomic mass is 9.99. The second kappa shape index (κ2) is 13.9. The fourth-order valence-electron chi connectivity index (χ4n) is 8.07. The molecule has 2 amide bonds. The standard InChI is InChI=1S/C36H43ClN8O4/c1-3-24-17-23(18-30(37)32(24)38)19-31(34(46)42-13-9-26(10-14-42)44-22-28-20-29(44)21-41(28)2)49-36(48)43-15-11-27(12-16-43)45-35(47)39-33(40-45)25-7-5-4-6-8-25/h1,4-8,17-18,26-29,31H,9-16,19-22,38H2,2H3,(H,39,40,47)/t28?,29?,31-/m1/s1. The molecule has 49 heavy (non-hydrogen) atoms. The van der Waals surface area contributed by atoms with Crippen LogP contribution in [0.3, 0.4) is 0 Å². The number of hydrogen-bond acceptors (Lipinski definition) is 8. The van der Waals surface area contributed by atoms with Crippen LogP contribution in [0.4, 0.5) is 10.5 Å². The Labute approximate surface area is 291 Å². The lowest BCUT2D eigenvalue weighted by Crippen LogP contribution is -2.54. The van der Waals surface area contributed by atoms with E-state index < -0.39 is 12.2 Å². The van der Waals surface area contributed by atoms with E-state index in [0.29, 0.717) is 84.8 Å². The summed E-state index contributed by atoms with van der Waals surface area (Å²) in [6.45, 7) is 4.13. The maximum atomic E-state index is 14.1. The molecule has 3 aromatic rings. The van der Waals surface area contributed by atoms with Crippen molar-refractivity contribution in [3.63, 3.8) is 0 Å². The number of rotatable bonds is 7. The number of fused-ring (bicyclic) bond motifs is 2. The van der Waals surface area contributed by atoms with E-state index in [9.17, 15) is 14.4 Å². The van der Waals surface area contributed by atoms with Gasteiger partial charge in [-0.25, -0.2) is 14.3 Å². The van der Waals surface area contributed by atoms with Crippen LogP contribution in [0.2, 0.25) is 5.02 Å². The summed E-state index contributed by atoms with van der Waals surface area (Å²) >= 11 is 6.39. The largest absolute Gasteiger partial charge is 0.436 e. The Morgan fingerprint density at radius 2 is 1.71 bits per heavy atom. The van der Waals surface area contributed by atoms with E-state index in [4.69, 9.17) is 28.5 Å². The molecule has 0 radical (unpaired) electrons. The van der Waals surface area contributed by atoms with Crippen molar-refractivity contribution < 1.29 is 14.3 Å². The first kappa shape index (κ1) is 33.2. The number of nitrogens with zero attached hydrogens (tertiary/aromatic N) is 6. The van der Waals surface area contributed by atoms with Crippen molar-refractivity contribution in [2.75, 3.05) is 52.0 Å². The number of amides is 2. The number of nitrogens with one attached hydrogen (secondary N) is 1. The highest BCUT2D eigenvalue weighted by Gasteiger charge is 2.45. The van der Waals surface area contributed by atoms with Crippen molar-refractivity contribution in [3.8, 4) is 23.7 Å². The maximum absolute atomic E-state index is 14.1. The predicted octanol–water partition coefficient (Wildman–Crippen LogP) is 3.22. The number of hydrogen-bond donors (Lipinski definition) is 2. The van der Waals surface area contributed by atoms with Gasteiger partial charge in [-0.1, -0.05) is 47.9 Å². The van der Waals surface area contributed by atoms with E-state index in [-0.39, 0.29) is 24.1 Å². The number of anilines is 1. The summed E-state index contributed by atoms with van der Waals surface area (Å²) in [7, 11) is 2.20. The van der Waals surface area contributed by atoms with Gasteiger partial charge in [0, 0.05) is 74.9 Å². The van der Waals surface area contributed by atoms with Crippen molar-refractivity contribution in [1.82, 2.24) is 34.4 Å². The molecule has 7 rings (SSSR count). The molecule has 4 aliphatic heterocycles. The minimum absolute atomic E-state index is 0.114. The molecule has 2 aromatic carbocycles. The molecule has 0 aliphatic carbocycles. The molecule has 4 saturated heterocycles. The van der Waals surface area contributed by atoms with E-state index >= 15 is 0 Å². The lowest BCUT2D eigenvalue weighted by Gasteiger charge is -2.42. The smallest absolute Gasteiger partial charge is 0.410 e. The van der Waals surface area contributed by atoms with Crippen LogP contribution in [-0.2, 0) is 16.0 Å². The zero-order valence-electron chi connectivity index (χ0n) is 27.8. The number of likely N-dealkylation sites (tertiary alicyclic amines) is 4. The highest BCUT2D eigenvalue weighted by Crippen LogP contribution is 2.34. The van der Waals surface area contributed by atoms with Crippen molar-refractivity contribution in [1.29, 1.82) is 0 Å². The number of H-pyrrole nitrogens is 1. The Balaban J connectivity index is 1.01. The fourth-order valence-corrected chi connectivity index (χ4v) is 8.31. The van der Waals surface area contributed by atoms with E-state index in [2.05, 4.69) is 32.9 Å². The summed E-state index contributed by atoms with van der Waals surface area (Å²) in [6.07, 6.45) is 8.20. The first-order chi connectivity index (χ1) is 23.7. The van der Waals surface area contributed by atoms with Gasteiger partial charge < -0.3 is 25.2 Å². The van der Waals surface area contributed by atoms with Crippen LogP contribution in [-0.4, -0.2) is 117 Å². The molecule has 2 unspecified atom stereocenters. The number of benzene rings is 2. The van der Waals surface area contributed by atoms with Crippen molar-refractivity contribution in [2.24, 2.45) is 0 Å². The number of nitrogens with two attached hydrogens (primary N) is 1. The lowest BCUT2D eigenvalue weighted by molar-refractivity contribution is -0.142. The molecule has 4 fully saturated rings. The Hall–Kier alpha value is -4.31. The van der Waals surface area contributed by atoms with E-state index in [0.717, 1.165) is 31.5 Å². The number of terminal acetylenes is 1. The number of carbonyl (C=O) groups excluding carboxylic acids is 2. The Morgan fingerprint density at radius 3 is 2.37 bits per heavy atom. The van der Waals surface area contributed by atoms with Crippen LogP contribution in [0.15, 0.2) is 47.3 Å². The van der Waals surface area contributed by atoms with Gasteiger partial charge in [-0.3, -0.25) is 14.7 Å². The van der Waals surface area contributed by atoms with Gasteiger partial charge in [0.2, 0.25) is 0 Å².